The molecule has 0 bridgehead atoms. The zero-order valence-electron chi connectivity index (χ0n) is 23.3. The highest BCUT2D eigenvalue weighted by molar-refractivity contribution is 6.01. The van der Waals surface area contributed by atoms with Crippen LogP contribution in [-0.4, -0.2) is 55.6 Å². The van der Waals surface area contributed by atoms with Crippen LogP contribution in [0.3, 0.4) is 0 Å². The van der Waals surface area contributed by atoms with Gasteiger partial charge >= 0.3 is 0 Å². The van der Waals surface area contributed by atoms with Gasteiger partial charge in [0.15, 0.2) is 0 Å². The first kappa shape index (κ1) is 25.9. The summed E-state index contributed by atoms with van der Waals surface area (Å²) in [4.78, 5) is 25.1. The minimum absolute atomic E-state index is 0.0374. The number of amides is 1. The molecule has 2 saturated carbocycles. The number of anilines is 2. The van der Waals surface area contributed by atoms with E-state index in [9.17, 15) is 9.18 Å². The largest absolute Gasteiger partial charge is 0.367 e. The first-order valence-corrected chi connectivity index (χ1v) is 15.1. The number of likely N-dealkylation sites (tertiary alicyclic amines) is 1. The van der Waals surface area contributed by atoms with E-state index in [1.807, 2.05) is 27.6 Å². The Hall–Kier alpha value is -4.01. The molecule has 4 heterocycles. The van der Waals surface area contributed by atoms with E-state index in [1.54, 1.807) is 18.3 Å². The lowest BCUT2D eigenvalue weighted by Crippen LogP contribution is -2.30. The molecule has 0 unspecified atom stereocenters. The number of benzene rings is 1. The summed E-state index contributed by atoms with van der Waals surface area (Å²) in [5, 5.41) is 12.3. The summed E-state index contributed by atoms with van der Waals surface area (Å²) >= 11 is 0. The summed E-state index contributed by atoms with van der Waals surface area (Å²) in [6, 6.07) is 12.9. The lowest BCUT2D eigenvalue weighted by molar-refractivity contribution is 0.0793. The second-order valence-electron chi connectivity index (χ2n) is 11.6. The molecule has 3 fully saturated rings. The second-order valence-corrected chi connectivity index (χ2v) is 11.6. The number of nitrogens with one attached hydrogen (secondary N) is 2. The van der Waals surface area contributed by atoms with Crippen molar-refractivity contribution in [2.75, 3.05) is 23.7 Å². The predicted octanol–water partition coefficient (Wildman–Crippen LogP) is 6.54. The SMILES string of the molecule is O=C(c1ccc2c(-c3ccnc(NC4CCCC4)n3)c(-c3ccc(F)cc3)nn2c1NC1CCCC1)N1CCCC1. The van der Waals surface area contributed by atoms with E-state index in [2.05, 4.69) is 15.6 Å². The molecule has 1 aliphatic heterocycles. The van der Waals surface area contributed by atoms with E-state index in [0.29, 0.717) is 23.2 Å². The number of carbonyl (C=O) groups is 1. The topological polar surface area (TPSA) is 87.5 Å². The number of pyridine rings is 1. The minimum atomic E-state index is -0.300. The van der Waals surface area contributed by atoms with Crippen molar-refractivity contribution in [2.24, 2.45) is 0 Å². The third-order valence-corrected chi connectivity index (χ3v) is 8.83. The fraction of sp³-hybridized carbons (Fsp3) is 0.438. The van der Waals surface area contributed by atoms with Crippen molar-refractivity contribution in [1.82, 2.24) is 24.5 Å². The molecular weight excluding hydrogens is 517 g/mol. The fourth-order valence-electron chi connectivity index (χ4n) is 6.66. The fourth-order valence-corrected chi connectivity index (χ4v) is 6.66. The van der Waals surface area contributed by atoms with Crippen LogP contribution in [0.2, 0.25) is 0 Å². The highest BCUT2D eigenvalue weighted by atomic mass is 19.1. The van der Waals surface area contributed by atoms with E-state index in [-0.39, 0.29) is 17.8 Å². The summed E-state index contributed by atoms with van der Waals surface area (Å²) in [7, 11) is 0. The monoisotopic (exact) mass is 553 g/mol. The first-order chi connectivity index (χ1) is 20.1. The highest BCUT2D eigenvalue weighted by Crippen LogP contribution is 2.38. The Morgan fingerprint density at radius 3 is 2.22 bits per heavy atom. The average Bonchev–Trinajstić information content (AvgIpc) is 3.81. The second kappa shape index (κ2) is 11.1. The number of aromatic nitrogens is 4. The molecule has 2 aliphatic carbocycles. The Morgan fingerprint density at radius 2 is 1.51 bits per heavy atom. The van der Waals surface area contributed by atoms with Gasteiger partial charge in [-0.25, -0.2) is 18.9 Å². The van der Waals surface area contributed by atoms with Crippen molar-refractivity contribution in [3.05, 3.63) is 60.0 Å². The van der Waals surface area contributed by atoms with E-state index in [1.165, 1.54) is 37.8 Å². The molecule has 3 aromatic heterocycles. The summed E-state index contributed by atoms with van der Waals surface area (Å²) in [6.07, 6.45) is 13.0. The standard InChI is InChI=1S/C32H36FN7O/c33-22-13-11-21(12-14-22)29-28(26-17-18-34-32(37-26)36-24-9-3-4-10-24)27-16-15-25(31(41)39-19-5-6-20-39)30(40(27)38-29)35-23-7-1-2-8-23/h11-18,23-24,35H,1-10,19-20H2,(H,34,36,37). The normalized spacial score (nSPS) is 18.0. The van der Waals surface area contributed by atoms with Gasteiger partial charge in [-0.3, -0.25) is 4.79 Å². The molecule has 4 aromatic rings. The predicted molar refractivity (Wildman–Crippen MR) is 159 cm³/mol. The van der Waals surface area contributed by atoms with E-state index in [4.69, 9.17) is 10.1 Å². The molecule has 41 heavy (non-hydrogen) atoms. The van der Waals surface area contributed by atoms with Crippen molar-refractivity contribution >= 4 is 23.2 Å². The molecule has 2 N–H and O–H groups in total. The maximum Gasteiger partial charge on any atom is 0.257 e. The summed E-state index contributed by atoms with van der Waals surface area (Å²) in [5.74, 6) is 1.06. The maximum atomic E-state index is 14.0. The number of rotatable bonds is 7. The Morgan fingerprint density at radius 1 is 0.829 bits per heavy atom. The van der Waals surface area contributed by atoms with Gasteiger partial charge in [0.2, 0.25) is 5.95 Å². The summed E-state index contributed by atoms with van der Waals surface area (Å²) in [6.45, 7) is 1.56. The number of carbonyl (C=O) groups excluding carboxylic acids is 1. The van der Waals surface area contributed by atoms with Gasteiger partial charge in [0.25, 0.3) is 5.91 Å². The van der Waals surface area contributed by atoms with Crippen molar-refractivity contribution in [3.8, 4) is 22.5 Å². The number of halogens is 1. The molecule has 9 heteroatoms. The molecule has 0 atom stereocenters. The minimum Gasteiger partial charge on any atom is -0.367 e. The number of fused-ring (bicyclic) bond motifs is 1. The molecular formula is C32H36FN7O. The van der Waals surface area contributed by atoms with Gasteiger partial charge in [-0.2, -0.15) is 5.10 Å². The van der Waals surface area contributed by atoms with Crippen LogP contribution in [0.25, 0.3) is 28.0 Å². The molecule has 1 saturated heterocycles. The average molecular weight is 554 g/mol. The van der Waals surface area contributed by atoms with Gasteiger partial charge in [-0.05, 0) is 81.0 Å². The zero-order chi connectivity index (χ0) is 27.8. The lowest BCUT2D eigenvalue weighted by atomic mass is 10.0. The number of hydrogen-bond donors (Lipinski definition) is 2. The Labute approximate surface area is 239 Å². The molecule has 1 aromatic carbocycles. The van der Waals surface area contributed by atoms with Crippen LogP contribution in [0.5, 0.6) is 0 Å². The first-order valence-electron chi connectivity index (χ1n) is 15.1. The summed E-state index contributed by atoms with van der Waals surface area (Å²) < 4.78 is 15.8. The van der Waals surface area contributed by atoms with Gasteiger partial charge in [-0.1, -0.05) is 25.7 Å². The van der Waals surface area contributed by atoms with Crippen LogP contribution in [0, 0.1) is 5.82 Å². The molecule has 3 aliphatic rings. The molecule has 7 rings (SSSR count). The van der Waals surface area contributed by atoms with Gasteiger partial charge in [0.05, 0.1) is 22.3 Å². The van der Waals surface area contributed by atoms with Gasteiger partial charge in [-0.15, -0.1) is 0 Å². The van der Waals surface area contributed by atoms with Crippen LogP contribution < -0.4 is 10.6 Å². The third-order valence-electron chi connectivity index (χ3n) is 8.83. The Kier molecular flexibility index (Phi) is 7.02. The molecule has 1 amide bonds. The highest BCUT2D eigenvalue weighted by Gasteiger charge is 2.28. The van der Waals surface area contributed by atoms with Crippen molar-refractivity contribution in [2.45, 2.75) is 76.3 Å². The molecule has 0 radical (unpaired) electrons. The number of hydrogen-bond acceptors (Lipinski definition) is 6. The van der Waals surface area contributed by atoms with Gasteiger partial charge in [0, 0.05) is 36.9 Å². The Bertz CT molecular complexity index is 1550. The van der Waals surface area contributed by atoms with Crippen molar-refractivity contribution < 1.29 is 9.18 Å². The van der Waals surface area contributed by atoms with E-state index in [0.717, 1.165) is 79.8 Å². The van der Waals surface area contributed by atoms with E-state index >= 15 is 0 Å². The van der Waals surface area contributed by atoms with Crippen LogP contribution in [0.15, 0.2) is 48.7 Å². The van der Waals surface area contributed by atoms with Crippen LogP contribution in [-0.2, 0) is 0 Å². The van der Waals surface area contributed by atoms with Gasteiger partial charge < -0.3 is 15.5 Å². The third kappa shape index (κ3) is 5.13. The van der Waals surface area contributed by atoms with Crippen LogP contribution in [0.1, 0.15) is 74.6 Å². The lowest BCUT2D eigenvalue weighted by Gasteiger charge is -2.21. The van der Waals surface area contributed by atoms with Crippen molar-refractivity contribution in [3.63, 3.8) is 0 Å². The smallest absolute Gasteiger partial charge is 0.257 e. The van der Waals surface area contributed by atoms with E-state index < -0.39 is 0 Å². The maximum absolute atomic E-state index is 14.0. The zero-order valence-corrected chi connectivity index (χ0v) is 23.3. The molecule has 0 spiro atoms. The molecule has 8 nitrogen and oxygen atoms in total. The Balaban J connectivity index is 1.40. The summed E-state index contributed by atoms with van der Waals surface area (Å²) in [5.41, 5.74) is 4.53. The number of nitrogens with zero attached hydrogens (tertiary/aromatic N) is 5. The van der Waals surface area contributed by atoms with Gasteiger partial charge in [0.1, 0.15) is 17.3 Å². The molecule has 212 valence electrons. The quantitative estimate of drug-likeness (QED) is 0.270. The van der Waals surface area contributed by atoms with Crippen LogP contribution in [0.4, 0.5) is 16.2 Å². The van der Waals surface area contributed by atoms with Crippen LogP contribution >= 0.6 is 0 Å². The van der Waals surface area contributed by atoms with Crippen molar-refractivity contribution in [1.29, 1.82) is 0 Å².